The molecule has 0 aliphatic carbocycles. The van der Waals surface area contributed by atoms with E-state index in [1.807, 2.05) is 12.1 Å². The molecule has 0 atom stereocenters. The van der Waals surface area contributed by atoms with Crippen molar-refractivity contribution in [3.8, 4) is 0 Å². The van der Waals surface area contributed by atoms with Crippen LogP contribution < -0.4 is 4.90 Å². The van der Waals surface area contributed by atoms with E-state index in [0.717, 1.165) is 31.5 Å². The molecular weight excluding hydrogens is 258 g/mol. The van der Waals surface area contributed by atoms with E-state index in [4.69, 9.17) is 5.11 Å². The lowest BCUT2D eigenvalue weighted by atomic mass is 9.99. The third-order valence-electron chi connectivity index (χ3n) is 3.47. The van der Waals surface area contributed by atoms with E-state index in [-0.39, 0.29) is 0 Å². The third kappa shape index (κ3) is 2.49. The van der Waals surface area contributed by atoms with Crippen molar-refractivity contribution in [2.45, 2.75) is 19.4 Å². The first-order chi connectivity index (χ1) is 9.24. The van der Waals surface area contributed by atoms with Gasteiger partial charge in [-0.3, -0.25) is 0 Å². The molecule has 0 fully saturated rings. The highest BCUT2D eigenvalue weighted by Gasteiger charge is 2.18. The number of thiophene rings is 1. The van der Waals surface area contributed by atoms with Crippen molar-refractivity contribution >= 4 is 23.0 Å². The summed E-state index contributed by atoms with van der Waals surface area (Å²) in [6.07, 6.45) is 2.05. The quantitative estimate of drug-likeness (QED) is 0.931. The number of carboxylic acids is 1. The summed E-state index contributed by atoms with van der Waals surface area (Å²) < 4.78 is 0. The smallest absolute Gasteiger partial charge is 0.335 e. The molecule has 19 heavy (non-hydrogen) atoms. The largest absolute Gasteiger partial charge is 0.478 e. The molecule has 0 bridgehead atoms. The van der Waals surface area contributed by atoms with Crippen molar-refractivity contribution in [1.82, 2.24) is 0 Å². The molecule has 0 saturated heterocycles. The second kappa shape index (κ2) is 5.05. The second-order valence-electron chi connectivity index (χ2n) is 4.75. The molecule has 4 heteroatoms. The molecule has 2 heterocycles. The van der Waals surface area contributed by atoms with Gasteiger partial charge in [-0.25, -0.2) is 4.79 Å². The number of hydrogen-bond donors (Lipinski definition) is 1. The summed E-state index contributed by atoms with van der Waals surface area (Å²) in [4.78, 5) is 14.7. The molecule has 98 valence electrons. The average molecular weight is 273 g/mol. The molecular formula is C15H15NO2S. The minimum atomic E-state index is -0.849. The van der Waals surface area contributed by atoms with Crippen LogP contribution >= 0.6 is 11.3 Å². The Bertz CT molecular complexity index is 592. The van der Waals surface area contributed by atoms with Crippen molar-refractivity contribution in [1.29, 1.82) is 0 Å². The molecule has 1 aliphatic rings. The van der Waals surface area contributed by atoms with Crippen LogP contribution in [0.1, 0.15) is 27.2 Å². The van der Waals surface area contributed by atoms with Crippen LogP contribution in [0.2, 0.25) is 0 Å². The lowest BCUT2D eigenvalue weighted by Gasteiger charge is -2.31. The number of rotatable bonds is 3. The van der Waals surface area contributed by atoms with Gasteiger partial charge in [0.25, 0.3) is 0 Å². The summed E-state index contributed by atoms with van der Waals surface area (Å²) in [5, 5.41) is 11.1. The summed E-state index contributed by atoms with van der Waals surface area (Å²) in [5.41, 5.74) is 2.73. The topological polar surface area (TPSA) is 40.5 Å². The molecule has 1 aliphatic heterocycles. The van der Waals surface area contributed by atoms with Gasteiger partial charge in [-0.05, 0) is 48.1 Å². The fourth-order valence-corrected chi connectivity index (χ4v) is 3.28. The van der Waals surface area contributed by atoms with E-state index in [9.17, 15) is 4.79 Å². The summed E-state index contributed by atoms with van der Waals surface area (Å²) >= 11 is 1.76. The van der Waals surface area contributed by atoms with Gasteiger partial charge in [0, 0.05) is 17.1 Å². The predicted molar refractivity (Wildman–Crippen MR) is 77.1 cm³/mol. The molecule has 0 amide bonds. The molecule has 1 aromatic heterocycles. The molecule has 3 rings (SSSR count). The standard InChI is InChI=1S/C15H15NO2S/c17-15(18)12-5-6-14-11(9-12)3-1-7-16(14)10-13-4-2-8-19-13/h2,4-6,8-9H,1,3,7,10H2,(H,17,18). The van der Waals surface area contributed by atoms with Crippen LogP contribution in [0.15, 0.2) is 35.7 Å². The molecule has 3 nitrogen and oxygen atoms in total. The Balaban J connectivity index is 1.89. The number of carbonyl (C=O) groups is 1. The summed E-state index contributed by atoms with van der Waals surface area (Å²) in [6, 6.07) is 9.68. The van der Waals surface area contributed by atoms with E-state index in [2.05, 4.69) is 22.4 Å². The number of anilines is 1. The van der Waals surface area contributed by atoms with E-state index in [0.29, 0.717) is 5.56 Å². The zero-order chi connectivity index (χ0) is 13.2. The van der Waals surface area contributed by atoms with Gasteiger partial charge >= 0.3 is 5.97 Å². The molecule has 1 aromatic carbocycles. The number of aromatic carboxylic acids is 1. The van der Waals surface area contributed by atoms with E-state index < -0.39 is 5.97 Å². The van der Waals surface area contributed by atoms with Crippen LogP contribution in [0.4, 0.5) is 5.69 Å². The number of fused-ring (bicyclic) bond motifs is 1. The highest BCUT2D eigenvalue weighted by atomic mass is 32.1. The molecule has 0 saturated carbocycles. The van der Waals surface area contributed by atoms with Crippen LogP contribution in [-0.2, 0) is 13.0 Å². The van der Waals surface area contributed by atoms with E-state index in [1.165, 1.54) is 10.6 Å². The first-order valence-electron chi connectivity index (χ1n) is 6.37. The second-order valence-corrected chi connectivity index (χ2v) is 5.79. The summed E-state index contributed by atoms with van der Waals surface area (Å²) in [7, 11) is 0. The minimum absolute atomic E-state index is 0.386. The first kappa shape index (κ1) is 12.2. The highest BCUT2D eigenvalue weighted by Crippen LogP contribution is 2.30. The molecule has 1 N–H and O–H groups in total. The lowest BCUT2D eigenvalue weighted by molar-refractivity contribution is 0.0697. The Labute approximate surface area is 116 Å². The van der Waals surface area contributed by atoms with Crippen molar-refractivity contribution < 1.29 is 9.90 Å². The Kier molecular flexibility index (Phi) is 3.25. The van der Waals surface area contributed by atoms with Crippen LogP contribution in [0.3, 0.4) is 0 Å². The van der Waals surface area contributed by atoms with E-state index in [1.54, 1.807) is 17.4 Å². The van der Waals surface area contributed by atoms with Gasteiger partial charge in [0.1, 0.15) is 0 Å². The number of hydrogen-bond acceptors (Lipinski definition) is 3. The zero-order valence-corrected chi connectivity index (χ0v) is 11.3. The van der Waals surface area contributed by atoms with Crippen LogP contribution in [0.25, 0.3) is 0 Å². The predicted octanol–water partition coefficient (Wildman–Crippen LogP) is 3.40. The fraction of sp³-hybridized carbons (Fsp3) is 0.267. The highest BCUT2D eigenvalue weighted by molar-refractivity contribution is 7.09. The van der Waals surface area contributed by atoms with Crippen molar-refractivity contribution in [2.24, 2.45) is 0 Å². The van der Waals surface area contributed by atoms with Crippen LogP contribution in [-0.4, -0.2) is 17.6 Å². The van der Waals surface area contributed by atoms with Gasteiger partial charge in [-0.1, -0.05) is 6.07 Å². The van der Waals surface area contributed by atoms with Gasteiger partial charge in [0.2, 0.25) is 0 Å². The van der Waals surface area contributed by atoms with Gasteiger partial charge in [0.05, 0.1) is 12.1 Å². The van der Waals surface area contributed by atoms with Gasteiger partial charge in [0.15, 0.2) is 0 Å². The third-order valence-corrected chi connectivity index (χ3v) is 4.33. The number of aryl methyl sites for hydroxylation is 1. The Hall–Kier alpha value is -1.81. The Morgan fingerprint density at radius 3 is 3.00 bits per heavy atom. The number of benzene rings is 1. The normalized spacial score (nSPS) is 14.2. The SMILES string of the molecule is O=C(O)c1ccc2c(c1)CCCN2Cc1cccs1. The van der Waals surface area contributed by atoms with Crippen LogP contribution in [0, 0.1) is 0 Å². The summed E-state index contributed by atoms with van der Waals surface area (Å²) in [6.45, 7) is 1.95. The van der Waals surface area contributed by atoms with Crippen molar-refractivity contribution in [2.75, 3.05) is 11.4 Å². The molecule has 0 unspecified atom stereocenters. The first-order valence-corrected chi connectivity index (χ1v) is 7.25. The zero-order valence-electron chi connectivity index (χ0n) is 10.5. The van der Waals surface area contributed by atoms with Crippen LogP contribution in [0.5, 0.6) is 0 Å². The van der Waals surface area contributed by atoms with Gasteiger partial charge in [-0.2, -0.15) is 0 Å². The van der Waals surface area contributed by atoms with Gasteiger partial charge < -0.3 is 10.0 Å². The van der Waals surface area contributed by atoms with E-state index >= 15 is 0 Å². The monoisotopic (exact) mass is 273 g/mol. The number of nitrogens with zero attached hydrogens (tertiary/aromatic N) is 1. The average Bonchev–Trinajstić information content (AvgIpc) is 2.91. The van der Waals surface area contributed by atoms with Gasteiger partial charge in [-0.15, -0.1) is 11.3 Å². The van der Waals surface area contributed by atoms with Crippen molar-refractivity contribution in [3.05, 3.63) is 51.7 Å². The maximum atomic E-state index is 11.0. The maximum absolute atomic E-state index is 11.0. The molecule has 0 radical (unpaired) electrons. The van der Waals surface area contributed by atoms with Crippen molar-refractivity contribution in [3.63, 3.8) is 0 Å². The lowest BCUT2D eigenvalue weighted by Crippen LogP contribution is -2.28. The summed E-state index contributed by atoms with van der Waals surface area (Å²) in [5.74, 6) is -0.849. The fourth-order valence-electron chi connectivity index (χ4n) is 2.56. The minimum Gasteiger partial charge on any atom is -0.478 e. The molecule has 0 spiro atoms. The Morgan fingerprint density at radius 2 is 2.26 bits per heavy atom. The maximum Gasteiger partial charge on any atom is 0.335 e. The Morgan fingerprint density at radius 1 is 1.37 bits per heavy atom. The number of carboxylic acid groups (broad SMARTS) is 1. The molecule has 2 aromatic rings.